The third-order valence-corrected chi connectivity index (χ3v) is 4.53. The van der Waals surface area contributed by atoms with Gasteiger partial charge in [-0.1, -0.05) is 12.8 Å². The fourth-order valence-corrected chi connectivity index (χ4v) is 3.46. The summed E-state index contributed by atoms with van der Waals surface area (Å²) in [7, 11) is 0. The molecule has 2 aliphatic rings. The Bertz CT molecular complexity index is 505. The Labute approximate surface area is 117 Å². The second-order valence-corrected chi connectivity index (χ2v) is 5.87. The molecule has 0 aromatic carbocycles. The second-order valence-electron chi connectivity index (χ2n) is 5.87. The zero-order chi connectivity index (χ0) is 14.1. The SMILES string of the molecule is O=C1CC(c2ccco2)CC(=O)C1C(=O)C1CCCC1. The predicted molar refractivity (Wildman–Crippen MR) is 71.2 cm³/mol. The van der Waals surface area contributed by atoms with Gasteiger partial charge in [0.05, 0.1) is 6.26 Å². The van der Waals surface area contributed by atoms with E-state index in [1.165, 1.54) is 0 Å². The monoisotopic (exact) mass is 274 g/mol. The van der Waals surface area contributed by atoms with E-state index in [1.54, 1.807) is 18.4 Å². The Morgan fingerprint density at radius 1 is 1.10 bits per heavy atom. The van der Waals surface area contributed by atoms with Gasteiger partial charge in [-0.25, -0.2) is 0 Å². The van der Waals surface area contributed by atoms with Gasteiger partial charge in [0, 0.05) is 24.7 Å². The maximum absolute atomic E-state index is 12.3. The van der Waals surface area contributed by atoms with Gasteiger partial charge in [-0.3, -0.25) is 14.4 Å². The number of hydrogen-bond acceptors (Lipinski definition) is 4. The summed E-state index contributed by atoms with van der Waals surface area (Å²) in [5.41, 5.74) is 0. The molecule has 0 N–H and O–H groups in total. The lowest BCUT2D eigenvalue weighted by Gasteiger charge is -2.25. The third-order valence-electron chi connectivity index (χ3n) is 4.53. The number of ketones is 3. The van der Waals surface area contributed by atoms with Crippen molar-refractivity contribution < 1.29 is 18.8 Å². The van der Waals surface area contributed by atoms with Gasteiger partial charge in [-0.2, -0.15) is 0 Å². The summed E-state index contributed by atoms with van der Waals surface area (Å²) in [6.45, 7) is 0. The summed E-state index contributed by atoms with van der Waals surface area (Å²) < 4.78 is 5.28. The van der Waals surface area contributed by atoms with E-state index in [1.807, 2.05) is 0 Å². The minimum absolute atomic E-state index is 0.0759. The minimum Gasteiger partial charge on any atom is -0.469 e. The molecule has 0 unspecified atom stereocenters. The summed E-state index contributed by atoms with van der Waals surface area (Å²) in [6, 6.07) is 3.53. The summed E-state index contributed by atoms with van der Waals surface area (Å²) in [6.07, 6.45) is 5.74. The first-order valence-electron chi connectivity index (χ1n) is 7.29. The van der Waals surface area contributed by atoms with Gasteiger partial charge in [0.25, 0.3) is 0 Å². The number of rotatable bonds is 3. The zero-order valence-corrected chi connectivity index (χ0v) is 11.3. The Morgan fingerprint density at radius 2 is 1.75 bits per heavy atom. The van der Waals surface area contributed by atoms with E-state index in [0.717, 1.165) is 25.7 Å². The average Bonchev–Trinajstić information content (AvgIpc) is 3.11. The van der Waals surface area contributed by atoms with E-state index in [0.29, 0.717) is 5.76 Å². The van der Waals surface area contributed by atoms with E-state index in [4.69, 9.17) is 4.42 Å². The van der Waals surface area contributed by atoms with Gasteiger partial charge in [0.2, 0.25) is 0 Å². The zero-order valence-electron chi connectivity index (χ0n) is 11.3. The molecule has 4 heteroatoms. The minimum atomic E-state index is -0.996. The van der Waals surface area contributed by atoms with Crippen LogP contribution in [-0.4, -0.2) is 17.3 Å². The van der Waals surface area contributed by atoms with Crippen molar-refractivity contribution in [3.05, 3.63) is 24.2 Å². The Balaban J connectivity index is 1.74. The highest BCUT2D eigenvalue weighted by Gasteiger charge is 2.43. The van der Waals surface area contributed by atoms with Crippen LogP contribution in [0.1, 0.15) is 50.2 Å². The maximum atomic E-state index is 12.3. The molecule has 4 nitrogen and oxygen atoms in total. The Kier molecular flexibility index (Phi) is 3.55. The molecule has 2 aliphatic carbocycles. The van der Waals surface area contributed by atoms with Crippen molar-refractivity contribution >= 4 is 17.3 Å². The van der Waals surface area contributed by atoms with E-state index in [9.17, 15) is 14.4 Å². The van der Waals surface area contributed by atoms with E-state index in [2.05, 4.69) is 0 Å². The van der Waals surface area contributed by atoms with E-state index >= 15 is 0 Å². The molecular weight excluding hydrogens is 256 g/mol. The summed E-state index contributed by atoms with van der Waals surface area (Å²) in [4.78, 5) is 36.8. The van der Waals surface area contributed by atoms with Crippen LogP contribution in [0.25, 0.3) is 0 Å². The number of carbonyl (C=O) groups is 3. The molecule has 0 bridgehead atoms. The highest BCUT2D eigenvalue weighted by molar-refractivity contribution is 6.21. The average molecular weight is 274 g/mol. The molecule has 1 aromatic heterocycles. The first-order chi connectivity index (χ1) is 9.66. The van der Waals surface area contributed by atoms with Crippen LogP contribution in [0.5, 0.6) is 0 Å². The number of carbonyl (C=O) groups excluding carboxylic acids is 3. The standard InChI is InChI=1S/C16H18O4/c17-12-8-11(14-6-3-7-20-14)9-13(18)15(12)16(19)10-4-1-2-5-10/h3,6-7,10-11,15H,1-2,4-5,8-9H2. The number of Topliss-reactive ketones (excluding diaryl/α,β-unsaturated/α-hetero) is 3. The summed E-state index contributed by atoms with van der Waals surface area (Å²) in [5.74, 6) is -1.18. The lowest BCUT2D eigenvalue weighted by molar-refractivity contribution is -0.144. The van der Waals surface area contributed by atoms with Crippen molar-refractivity contribution in [2.45, 2.75) is 44.4 Å². The molecule has 3 rings (SSSR count). The smallest absolute Gasteiger partial charge is 0.153 e. The van der Waals surface area contributed by atoms with Crippen LogP contribution >= 0.6 is 0 Å². The van der Waals surface area contributed by atoms with Crippen LogP contribution in [0.3, 0.4) is 0 Å². The van der Waals surface area contributed by atoms with E-state index < -0.39 is 5.92 Å². The fraction of sp³-hybridized carbons (Fsp3) is 0.562. The third kappa shape index (κ3) is 2.35. The van der Waals surface area contributed by atoms with Gasteiger partial charge in [-0.15, -0.1) is 0 Å². The van der Waals surface area contributed by atoms with Gasteiger partial charge in [0.15, 0.2) is 17.3 Å². The predicted octanol–water partition coefficient (Wildman–Crippen LogP) is 2.67. The van der Waals surface area contributed by atoms with E-state index in [-0.39, 0.29) is 42.0 Å². The van der Waals surface area contributed by atoms with Crippen LogP contribution < -0.4 is 0 Å². The molecule has 106 valence electrons. The molecule has 2 saturated carbocycles. The Morgan fingerprint density at radius 3 is 2.30 bits per heavy atom. The van der Waals surface area contributed by atoms with Crippen molar-refractivity contribution in [1.29, 1.82) is 0 Å². The molecule has 0 aliphatic heterocycles. The van der Waals surface area contributed by atoms with Gasteiger partial charge in [-0.05, 0) is 25.0 Å². The largest absolute Gasteiger partial charge is 0.469 e. The molecule has 20 heavy (non-hydrogen) atoms. The summed E-state index contributed by atoms with van der Waals surface area (Å²) >= 11 is 0. The van der Waals surface area contributed by atoms with Gasteiger partial charge >= 0.3 is 0 Å². The van der Waals surface area contributed by atoms with Crippen molar-refractivity contribution in [3.63, 3.8) is 0 Å². The number of furan rings is 1. The highest BCUT2D eigenvalue weighted by Crippen LogP contribution is 2.35. The molecule has 0 spiro atoms. The molecule has 1 heterocycles. The van der Waals surface area contributed by atoms with Crippen molar-refractivity contribution in [2.75, 3.05) is 0 Å². The topological polar surface area (TPSA) is 64.3 Å². The second kappa shape index (κ2) is 5.35. The van der Waals surface area contributed by atoms with Crippen LogP contribution in [0.2, 0.25) is 0 Å². The van der Waals surface area contributed by atoms with Crippen molar-refractivity contribution in [2.24, 2.45) is 11.8 Å². The number of hydrogen-bond donors (Lipinski definition) is 0. The molecule has 1 aromatic rings. The maximum Gasteiger partial charge on any atom is 0.153 e. The van der Waals surface area contributed by atoms with Crippen molar-refractivity contribution in [3.8, 4) is 0 Å². The van der Waals surface area contributed by atoms with Crippen molar-refractivity contribution in [1.82, 2.24) is 0 Å². The molecule has 0 atom stereocenters. The molecule has 0 radical (unpaired) electrons. The molecular formula is C16H18O4. The quantitative estimate of drug-likeness (QED) is 0.795. The highest BCUT2D eigenvalue weighted by atomic mass is 16.3. The first-order valence-corrected chi connectivity index (χ1v) is 7.29. The normalized spacial score (nSPS) is 28.0. The van der Waals surface area contributed by atoms with Crippen LogP contribution in [-0.2, 0) is 14.4 Å². The van der Waals surface area contributed by atoms with Gasteiger partial charge < -0.3 is 4.42 Å². The van der Waals surface area contributed by atoms with Crippen LogP contribution in [0.4, 0.5) is 0 Å². The molecule has 0 saturated heterocycles. The lowest BCUT2D eigenvalue weighted by Crippen LogP contribution is -2.40. The van der Waals surface area contributed by atoms with Crippen LogP contribution in [0.15, 0.2) is 22.8 Å². The lowest BCUT2D eigenvalue weighted by atomic mass is 9.74. The summed E-state index contributed by atoms with van der Waals surface area (Å²) in [5, 5.41) is 0. The van der Waals surface area contributed by atoms with Gasteiger partial charge in [0.1, 0.15) is 11.7 Å². The molecule has 2 fully saturated rings. The fourth-order valence-electron chi connectivity index (χ4n) is 3.46. The van der Waals surface area contributed by atoms with Crippen LogP contribution in [0, 0.1) is 11.8 Å². The Hall–Kier alpha value is -1.71. The molecule has 0 amide bonds. The first kappa shape index (κ1) is 13.3.